The fourth-order valence-corrected chi connectivity index (χ4v) is 3.43. The maximum absolute atomic E-state index is 12.4. The number of carbonyl (C=O) groups excluding carboxylic acids is 1. The van der Waals surface area contributed by atoms with Crippen LogP contribution in [-0.4, -0.2) is 28.4 Å². The smallest absolute Gasteiger partial charge is 0.335 e. The third-order valence-electron chi connectivity index (χ3n) is 4.51. The van der Waals surface area contributed by atoms with Gasteiger partial charge < -0.3 is 10.0 Å². The fourth-order valence-electron chi connectivity index (χ4n) is 3.43. The molecule has 0 unspecified atom stereocenters. The standard InChI is InChI=1S/C16H19NO3/c18-15(11-4-1-2-5-11)17-9-8-13-12(10-17)6-3-7-14(13)16(19)20/h3,6-7,11H,1-2,4-5,8-10H2,(H,19,20). The van der Waals surface area contributed by atoms with Crippen molar-refractivity contribution in [1.82, 2.24) is 4.90 Å². The van der Waals surface area contributed by atoms with Gasteiger partial charge in [0.2, 0.25) is 5.91 Å². The minimum atomic E-state index is -0.877. The zero-order valence-electron chi connectivity index (χ0n) is 11.5. The molecule has 2 aliphatic rings. The van der Waals surface area contributed by atoms with Crippen molar-refractivity contribution in [2.24, 2.45) is 5.92 Å². The largest absolute Gasteiger partial charge is 0.478 e. The highest BCUT2D eigenvalue weighted by atomic mass is 16.4. The molecule has 1 fully saturated rings. The Morgan fingerprint density at radius 3 is 2.65 bits per heavy atom. The Morgan fingerprint density at radius 2 is 1.95 bits per heavy atom. The number of carbonyl (C=O) groups is 2. The normalized spacial score (nSPS) is 18.9. The third-order valence-corrected chi connectivity index (χ3v) is 4.51. The van der Waals surface area contributed by atoms with Crippen molar-refractivity contribution in [3.8, 4) is 0 Å². The van der Waals surface area contributed by atoms with E-state index in [0.717, 1.165) is 36.8 Å². The van der Waals surface area contributed by atoms with E-state index in [1.54, 1.807) is 12.1 Å². The molecule has 1 aliphatic carbocycles. The van der Waals surface area contributed by atoms with Crippen LogP contribution in [0.25, 0.3) is 0 Å². The van der Waals surface area contributed by atoms with Crippen LogP contribution >= 0.6 is 0 Å². The topological polar surface area (TPSA) is 57.6 Å². The van der Waals surface area contributed by atoms with E-state index >= 15 is 0 Å². The van der Waals surface area contributed by atoms with Crippen LogP contribution in [0.1, 0.15) is 47.2 Å². The average Bonchev–Trinajstić information content (AvgIpc) is 2.99. The second-order valence-electron chi connectivity index (χ2n) is 5.74. The van der Waals surface area contributed by atoms with Crippen LogP contribution in [0.2, 0.25) is 0 Å². The summed E-state index contributed by atoms with van der Waals surface area (Å²) < 4.78 is 0. The molecule has 0 bridgehead atoms. The summed E-state index contributed by atoms with van der Waals surface area (Å²) in [6.45, 7) is 1.21. The van der Waals surface area contributed by atoms with Crippen molar-refractivity contribution in [3.63, 3.8) is 0 Å². The molecule has 1 aromatic rings. The quantitative estimate of drug-likeness (QED) is 0.900. The molecule has 0 atom stereocenters. The number of rotatable bonds is 2. The molecule has 3 rings (SSSR count). The monoisotopic (exact) mass is 273 g/mol. The van der Waals surface area contributed by atoms with Gasteiger partial charge in [-0.3, -0.25) is 4.79 Å². The highest BCUT2D eigenvalue weighted by Crippen LogP contribution is 2.29. The summed E-state index contributed by atoms with van der Waals surface area (Å²) in [4.78, 5) is 25.6. The van der Waals surface area contributed by atoms with Crippen molar-refractivity contribution in [2.45, 2.75) is 38.6 Å². The number of hydrogen-bond donors (Lipinski definition) is 1. The van der Waals surface area contributed by atoms with Crippen molar-refractivity contribution < 1.29 is 14.7 Å². The molecule has 1 aromatic carbocycles. The van der Waals surface area contributed by atoms with E-state index < -0.39 is 5.97 Å². The Morgan fingerprint density at radius 1 is 1.20 bits per heavy atom. The Balaban J connectivity index is 1.80. The van der Waals surface area contributed by atoms with Crippen LogP contribution in [0.4, 0.5) is 0 Å². The lowest BCUT2D eigenvalue weighted by atomic mass is 9.93. The zero-order chi connectivity index (χ0) is 14.1. The molecule has 20 heavy (non-hydrogen) atoms. The van der Waals surface area contributed by atoms with E-state index in [2.05, 4.69) is 0 Å². The van der Waals surface area contributed by atoms with Gasteiger partial charge in [-0.05, 0) is 36.5 Å². The summed E-state index contributed by atoms with van der Waals surface area (Å²) in [5.41, 5.74) is 2.27. The first-order valence-corrected chi connectivity index (χ1v) is 7.29. The van der Waals surface area contributed by atoms with Crippen LogP contribution in [0.15, 0.2) is 18.2 Å². The van der Waals surface area contributed by atoms with Crippen LogP contribution in [0.3, 0.4) is 0 Å². The van der Waals surface area contributed by atoms with Gasteiger partial charge in [-0.25, -0.2) is 4.79 Å². The number of fused-ring (bicyclic) bond motifs is 1. The first-order chi connectivity index (χ1) is 9.66. The molecule has 4 nitrogen and oxygen atoms in total. The van der Waals surface area contributed by atoms with Gasteiger partial charge in [-0.1, -0.05) is 25.0 Å². The van der Waals surface area contributed by atoms with E-state index in [1.807, 2.05) is 11.0 Å². The van der Waals surface area contributed by atoms with E-state index in [0.29, 0.717) is 25.1 Å². The molecule has 4 heteroatoms. The number of amides is 1. The maximum atomic E-state index is 12.4. The van der Waals surface area contributed by atoms with Crippen molar-refractivity contribution in [2.75, 3.05) is 6.54 Å². The molecule has 1 amide bonds. The Kier molecular flexibility index (Phi) is 3.47. The molecular weight excluding hydrogens is 254 g/mol. The summed E-state index contributed by atoms with van der Waals surface area (Å²) in [5, 5.41) is 9.21. The lowest BCUT2D eigenvalue weighted by molar-refractivity contribution is -0.136. The number of hydrogen-bond acceptors (Lipinski definition) is 2. The minimum absolute atomic E-state index is 0.194. The second-order valence-corrected chi connectivity index (χ2v) is 5.74. The predicted octanol–water partition coefficient (Wildman–Crippen LogP) is 2.46. The van der Waals surface area contributed by atoms with Gasteiger partial charge in [-0.15, -0.1) is 0 Å². The van der Waals surface area contributed by atoms with Crippen LogP contribution in [0.5, 0.6) is 0 Å². The molecule has 106 valence electrons. The van der Waals surface area contributed by atoms with Gasteiger partial charge in [-0.2, -0.15) is 0 Å². The van der Waals surface area contributed by atoms with Gasteiger partial charge >= 0.3 is 5.97 Å². The fraction of sp³-hybridized carbons (Fsp3) is 0.500. The van der Waals surface area contributed by atoms with Crippen LogP contribution < -0.4 is 0 Å². The highest BCUT2D eigenvalue weighted by molar-refractivity contribution is 5.90. The number of carboxylic acid groups (broad SMARTS) is 1. The number of aromatic carboxylic acids is 1. The number of carboxylic acids is 1. The highest BCUT2D eigenvalue weighted by Gasteiger charge is 2.30. The summed E-state index contributed by atoms with van der Waals surface area (Å²) in [6.07, 6.45) is 4.99. The van der Waals surface area contributed by atoms with Crippen molar-refractivity contribution in [1.29, 1.82) is 0 Å². The minimum Gasteiger partial charge on any atom is -0.478 e. The molecule has 1 saturated carbocycles. The van der Waals surface area contributed by atoms with Crippen LogP contribution in [-0.2, 0) is 17.8 Å². The molecule has 0 saturated heterocycles. The maximum Gasteiger partial charge on any atom is 0.335 e. The Bertz CT molecular complexity index is 547. The first kappa shape index (κ1) is 13.2. The molecule has 1 N–H and O–H groups in total. The predicted molar refractivity (Wildman–Crippen MR) is 74.5 cm³/mol. The van der Waals surface area contributed by atoms with Crippen molar-refractivity contribution in [3.05, 3.63) is 34.9 Å². The van der Waals surface area contributed by atoms with Crippen molar-refractivity contribution >= 4 is 11.9 Å². The van der Waals surface area contributed by atoms with Gasteiger partial charge in [0.15, 0.2) is 0 Å². The molecule has 0 aromatic heterocycles. The summed E-state index contributed by atoms with van der Waals surface area (Å²) in [6, 6.07) is 5.36. The molecule has 1 heterocycles. The molecule has 0 spiro atoms. The SMILES string of the molecule is O=C(O)c1cccc2c1CCN(C(=O)C1CCCC1)C2. The number of nitrogens with zero attached hydrogens (tertiary/aromatic N) is 1. The van der Waals surface area contributed by atoms with Gasteiger partial charge in [0.05, 0.1) is 5.56 Å². The summed E-state index contributed by atoms with van der Waals surface area (Å²) in [7, 11) is 0. The van der Waals surface area contributed by atoms with E-state index in [9.17, 15) is 14.7 Å². The second kappa shape index (κ2) is 5.27. The van der Waals surface area contributed by atoms with Gasteiger partial charge in [0, 0.05) is 19.0 Å². The van der Waals surface area contributed by atoms with E-state index in [1.165, 1.54) is 0 Å². The number of benzene rings is 1. The lowest BCUT2D eigenvalue weighted by Gasteiger charge is -2.31. The first-order valence-electron chi connectivity index (χ1n) is 7.29. The Hall–Kier alpha value is -1.84. The third kappa shape index (κ3) is 2.30. The van der Waals surface area contributed by atoms with E-state index in [-0.39, 0.29) is 11.8 Å². The summed E-state index contributed by atoms with van der Waals surface area (Å²) >= 11 is 0. The van der Waals surface area contributed by atoms with E-state index in [4.69, 9.17) is 0 Å². The van der Waals surface area contributed by atoms with Gasteiger partial charge in [0.1, 0.15) is 0 Å². The van der Waals surface area contributed by atoms with Gasteiger partial charge in [0.25, 0.3) is 0 Å². The zero-order valence-corrected chi connectivity index (χ0v) is 11.5. The Labute approximate surface area is 118 Å². The molecular formula is C16H19NO3. The molecule has 0 radical (unpaired) electrons. The van der Waals surface area contributed by atoms with Crippen LogP contribution in [0, 0.1) is 5.92 Å². The lowest BCUT2D eigenvalue weighted by Crippen LogP contribution is -2.39. The average molecular weight is 273 g/mol. The molecule has 1 aliphatic heterocycles. The summed E-state index contributed by atoms with van der Waals surface area (Å²) in [5.74, 6) is -0.425.